The molecule has 0 aliphatic carbocycles. The van der Waals surface area contributed by atoms with Crippen molar-refractivity contribution in [2.75, 3.05) is 18.6 Å². The van der Waals surface area contributed by atoms with Crippen molar-refractivity contribution >= 4 is 17.8 Å². The topological polar surface area (TPSA) is 68.7 Å². The second kappa shape index (κ2) is 8.57. The monoisotopic (exact) mass is 378 g/mol. The van der Waals surface area contributed by atoms with E-state index in [1.54, 1.807) is 18.2 Å². The van der Waals surface area contributed by atoms with E-state index < -0.39 is 5.97 Å². The molecule has 3 rings (SSSR count). The van der Waals surface area contributed by atoms with Gasteiger partial charge in [-0.3, -0.25) is 0 Å². The van der Waals surface area contributed by atoms with Crippen molar-refractivity contribution in [1.29, 1.82) is 0 Å². The smallest absolute Gasteiger partial charge is 0.391 e. The number of anilines is 1. The van der Waals surface area contributed by atoms with Gasteiger partial charge >= 0.3 is 11.9 Å². The molecule has 0 saturated carbocycles. The van der Waals surface area contributed by atoms with Gasteiger partial charge in [0.15, 0.2) is 0 Å². The summed E-state index contributed by atoms with van der Waals surface area (Å²) in [5, 5.41) is 0. The van der Waals surface area contributed by atoms with Gasteiger partial charge in [-0.15, -0.1) is 0 Å². The zero-order chi connectivity index (χ0) is 20.1. The third kappa shape index (κ3) is 4.32. The van der Waals surface area contributed by atoms with Crippen LogP contribution in [0.25, 0.3) is 0 Å². The number of aryl methyl sites for hydroxylation is 2. The largest absolute Gasteiger partial charge is 0.467 e. The van der Waals surface area contributed by atoms with E-state index in [0.29, 0.717) is 18.8 Å². The summed E-state index contributed by atoms with van der Waals surface area (Å²) >= 11 is 0. The van der Waals surface area contributed by atoms with Crippen LogP contribution >= 0.6 is 0 Å². The fourth-order valence-electron chi connectivity index (χ4n) is 3.29. The Morgan fingerprint density at radius 3 is 2.57 bits per heavy atom. The van der Waals surface area contributed by atoms with Gasteiger partial charge in [0.2, 0.25) is 5.88 Å². The van der Waals surface area contributed by atoms with Gasteiger partial charge in [-0.2, -0.15) is 4.98 Å². The summed E-state index contributed by atoms with van der Waals surface area (Å²) in [6.07, 6.45) is 1.58. The van der Waals surface area contributed by atoms with E-state index in [-0.39, 0.29) is 17.9 Å². The van der Waals surface area contributed by atoms with Crippen LogP contribution < -0.4 is 9.64 Å². The Labute approximate surface area is 164 Å². The second-order valence-electron chi connectivity index (χ2n) is 6.61. The Morgan fingerprint density at radius 2 is 1.86 bits per heavy atom. The normalized spacial score (nSPS) is 15.5. The summed E-state index contributed by atoms with van der Waals surface area (Å²) in [5.74, 6) is 5.14. The molecule has 0 radical (unpaired) electrons. The van der Waals surface area contributed by atoms with E-state index in [9.17, 15) is 9.59 Å². The number of aromatic nitrogens is 1. The summed E-state index contributed by atoms with van der Waals surface area (Å²) < 4.78 is 10.1. The quantitative estimate of drug-likeness (QED) is 0.604. The zero-order valence-corrected chi connectivity index (χ0v) is 16.2. The minimum Gasteiger partial charge on any atom is -0.467 e. The van der Waals surface area contributed by atoms with Crippen molar-refractivity contribution in [2.45, 2.75) is 32.7 Å². The molecule has 6 nitrogen and oxygen atoms in total. The number of rotatable bonds is 3. The average molecular weight is 378 g/mol. The maximum Gasteiger partial charge on any atom is 0.391 e. The van der Waals surface area contributed by atoms with E-state index in [1.807, 2.05) is 36.9 Å². The number of pyridine rings is 1. The van der Waals surface area contributed by atoms with Gasteiger partial charge in [-0.05, 0) is 43.9 Å². The van der Waals surface area contributed by atoms with Crippen molar-refractivity contribution in [3.05, 3.63) is 53.1 Å². The Morgan fingerprint density at radius 1 is 1.14 bits per heavy atom. The van der Waals surface area contributed by atoms with E-state index in [2.05, 4.69) is 16.8 Å². The Bertz CT molecular complexity index is 938. The lowest BCUT2D eigenvalue weighted by Crippen LogP contribution is -2.37. The molecule has 0 N–H and O–H groups in total. The molecule has 1 aromatic heterocycles. The second-order valence-corrected chi connectivity index (χ2v) is 6.61. The molecule has 0 unspecified atom stereocenters. The van der Waals surface area contributed by atoms with Crippen LogP contribution in [0.4, 0.5) is 5.82 Å². The van der Waals surface area contributed by atoms with Crippen LogP contribution in [0.1, 0.15) is 29.5 Å². The van der Waals surface area contributed by atoms with E-state index in [1.165, 1.54) is 7.11 Å². The molecule has 2 heterocycles. The summed E-state index contributed by atoms with van der Waals surface area (Å²) in [4.78, 5) is 30.3. The predicted octanol–water partition coefficient (Wildman–Crippen LogP) is 2.80. The molecule has 1 atom stereocenters. The predicted molar refractivity (Wildman–Crippen MR) is 105 cm³/mol. The first-order valence-corrected chi connectivity index (χ1v) is 9.11. The molecule has 1 aromatic carbocycles. The fraction of sp³-hybridized carbons (Fsp3) is 0.318. The molecule has 28 heavy (non-hydrogen) atoms. The minimum absolute atomic E-state index is 0.147. The molecule has 0 bridgehead atoms. The molecule has 1 saturated heterocycles. The van der Waals surface area contributed by atoms with Crippen LogP contribution in [0, 0.1) is 25.7 Å². The Balaban J connectivity index is 1.74. The molecule has 1 aliphatic heterocycles. The van der Waals surface area contributed by atoms with Gasteiger partial charge in [0.05, 0.1) is 7.11 Å². The summed E-state index contributed by atoms with van der Waals surface area (Å²) in [7, 11) is 1.37. The Hall–Kier alpha value is -3.33. The van der Waals surface area contributed by atoms with Crippen LogP contribution in [0.2, 0.25) is 0 Å². The molecule has 1 fully saturated rings. The van der Waals surface area contributed by atoms with E-state index in [4.69, 9.17) is 9.47 Å². The number of ether oxygens (including phenoxy) is 2. The van der Waals surface area contributed by atoms with E-state index >= 15 is 0 Å². The van der Waals surface area contributed by atoms with E-state index in [0.717, 1.165) is 23.1 Å². The number of carbonyl (C=O) groups excluding carboxylic acids is 2. The highest BCUT2D eigenvalue weighted by Gasteiger charge is 2.32. The van der Waals surface area contributed by atoms with Gasteiger partial charge in [-0.1, -0.05) is 30.2 Å². The highest BCUT2D eigenvalue weighted by atomic mass is 16.5. The molecule has 0 amide bonds. The number of hydrogen-bond acceptors (Lipinski definition) is 6. The van der Waals surface area contributed by atoms with Crippen molar-refractivity contribution in [3.8, 4) is 17.7 Å². The van der Waals surface area contributed by atoms with Crippen LogP contribution in [0.3, 0.4) is 0 Å². The molecule has 2 aromatic rings. The van der Waals surface area contributed by atoms with Crippen molar-refractivity contribution < 1.29 is 19.1 Å². The molecule has 1 aliphatic rings. The summed E-state index contributed by atoms with van der Waals surface area (Å²) in [6, 6.07) is 10.6. The lowest BCUT2D eigenvalue weighted by molar-refractivity contribution is -0.142. The number of benzene rings is 1. The first-order valence-electron chi connectivity index (χ1n) is 9.11. The van der Waals surface area contributed by atoms with Gasteiger partial charge in [0, 0.05) is 24.1 Å². The standard InChI is InChI=1S/C22H22N2O4/c1-15-7-4-8-16(2)17(15)12-13-21(25)28-20-11-5-10-19(23-20)24-14-6-9-18(24)22(26)27-3/h4-5,7-8,10-11,18H,6,9,14H2,1-3H3/t18-/m0/s1. The summed E-state index contributed by atoms with van der Waals surface area (Å²) in [6.45, 7) is 4.58. The van der Waals surface area contributed by atoms with Crippen LogP contribution in [0.5, 0.6) is 5.88 Å². The first kappa shape index (κ1) is 19.4. The number of carbonyl (C=O) groups is 2. The van der Waals surface area contributed by atoms with Crippen LogP contribution in [-0.2, 0) is 14.3 Å². The lowest BCUT2D eigenvalue weighted by Gasteiger charge is -2.23. The SMILES string of the molecule is COC(=O)[C@@H]1CCCN1c1cccc(OC(=O)C#Cc2c(C)cccc2C)n1. The summed E-state index contributed by atoms with van der Waals surface area (Å²) in [5.41, 5.74) is 2.82. The molecule has 0 spiro atoms. The van der Waals surface area contributed by atoms with Gasteiger partial charge < -0.3 is 14.4 Å². The van der Waals surface area contributed by atoms with Crippen molar-refractivity contribution in [3.63, 3.8) is 0 Å². The molecule has 6 heteroatoms. The maximum atomic E-state index is 12.1. The fourth-order valence-corrected chi connectivity index (χ4v) is 3.29. The van der Waals surface area contributed by atoms with Gasteiger partial charge in [-0.25, -0.2) is 9.59 Å². The number of methoxy groups -OCH3 is 1. The first-order chi connectivity index (χ1) is 13.5. The molecular formula is C22H22N2O4. The lowest BCUT2D eigenvalue weighted by atomic mass is 10.0. The number of hydrogen-bond donors (Lipinski definition) is 0. The van der Waals surface area contributed by atoms with Crippen LogP contribution in [0.15, 0.2) is 36.4 Å². The number of nitrogens with zero attached hydrogens (tertiary/aromatic N) is 2. The maximum absolute atomic E-state index is 12.1. The average Bonchev–Trinajstić information content (AvgIpc) is 3.17. The van der Waals surface area contributed by atoms with Crippen molar-refractivity contribution in [1.82, 2.24) is 4.98 Å². The molecular weight excluding hydrogens is 356 g/mol. The highest BCUT2D eigenvalue weighted by molar-refractivity contribution is 5.91. The third-order valence-electron chi connectivity index (χ3n) is 4.70. The third-order valence-corrected chi connectivity index (χ3v) is 4.70. The number of esters is 2. The zero-order valence-electron chi connectivity index (χ0n) is 16.2. The highest BCUT2D eigenvalue weighted by Crippen LogP contribution is 2.26. The molecule has 144 valence electrons. The Kier molecular flexibility index (Phi) is 5.95. The van der Waals surface area contributed by atoms with Gasteiger partial charge in [0.25, 0.3) is 0 Å². The van der Waals surface area contributed by atoms with Gasteiger partial charge in [0.1, 0.15) is 11.9 Å². The van der Waals surface area contributed by atoms with Crippen molar-refractivity contribution in [2.24, 2.45) is 0 Å². The van der Waals surface area contributed by atoms with Crippen LogP contribution in [-0.4, -0.2) is 36.6 Å². The minimum atomic E-state index is -0.682.